The molecule has 19 nitrogen and oxygen atoms in total. The van der Waals surface area contributed by atoms with Gasteiger partial charge in [0.05, 0.1) is 86.9 Å². The van der Waals surface area contributed by atoms with Gasteiger partial charge in [-0.05, 0) is 104 Å². The minimum absolute atomic E-state index is 0.194. The van der Waals surface area contributed by atoms with E-state index < -0.39 is 98.3 Å². The van der Waals surface area contributed by atoms with Crippen molar-refractivity contribution < 1.29 is 65.2 Å². The van der Waals surface area contributed by atoms with E-state index in [1.54, 1.807) is 81.4 Å². The number of hydrogen-bond donors (Lipinski definition) is 2. The van der Waals surface area contributed by atoms with Gasteiger partial charge in [0.2, 0.25) is 11.8 Å². The Kier molecular flexibility index (Phi) is 18.9. The van der Waals surface area contributed by atoms with E-state index in [0.29, 0.717) is 33.3 Å². The summed E-state index contributed by atoms with van der Waals surface area (Å²) < 4.78 is 84.7. The Morgan fingerprint density at radius 2 is 1.00 bits per heavy atom. The summed E-state index contributed by atoms with van der Waals surface area (Å²) in [5, 5.41) is 24.5. The molecule has 0 saturated carbocycles. The van der Waals surface area contributed by atoms with Crippen molar-refractivity contribution >= 4 is 51.5 Å². The van der Waals surface area contributed by atoms with Gasteiger partial charge in [0.15, 0.2) is 0 Å². The average Bonchev–Trinajstić information content (AvgIpc) is 4.12. The van der Waals surface area contributed by atoms with E-state index in [0.717, 1.165) is 32.1 Å². The third-order valence-electron chi connectivity index (χ3n) is 13.3. The lowest BCUT2D eigenvalue weighted by Gasteiger charge is -2.27. The van der Waals surface area contributed by atoms with Gasteiger partial charge < -0.3 is 49.0 Å². The number of nitrogens with zero attached hydrogens (tertiary/aromatic N) is 7. The summed E-state index contributed by atoms with van der Waals surface area (Å²) in [6.07, 6.45) is 0.885. The number of hydrogen-bond acceptors (Lipinski definition) is 14. The summed E-state index contributed by atoms with van der Waals surface area (Å²) >= 11 is 0. The number of fused-ring (bicyclic) bond motifs is 2. The van der Waals surface area contributed by atoms with Crippen LogP contribution in [0.5, 0.6) is 11.5 Å². The van der Waals surface area contributed by atoms with Crippen LogP contribution in [0.15, 0.2) is 109 Å². The van der Waals surface area contributed by atoms with E-state index in [-0.39, 0.29) is 63.9 Å². The standard InChI is InChI=1S/C59H59F4N9O10/c1-57(2,3)82-56(77)70(20-22-78-24-26-80-44-10-4-38(5-11-44)40-8-14-50-48(28-40)46(16-18-66-50)54(75)68-34-52(73)71-36-58(60,61)30-42(71)32-64)21-23-79-25-27-81-45-12-6-39(7-13-45)41-9-15-51-49(29-41)47(17-19-67-51)55(76)69-35-53(74)72-37-59(62,63)31-43(72)33-65/h4-19,28-29,42-43H,20-27,30-31,34-37H2,1-3H3,(H,68,75)(H,69,76)/t42-,43-/m0/s1. The van der Waals surface area contributed by atoms with Crippen LogP contribution in [0.2, 0.25) is 0 Å². The van der Waals surface area contributed by atoms with Gasteiger partial charge in [-0.2, -0.15) is 10.5 Å². The fourth-order valence-corrected chi connectivity index (χ4v) is 9.24. The zero-order chi connectivity index (χ0) is 58.6. The molecule has 0 radical (unpaired) electrons. The minimum Gasteiger partial charge on any atom is -0.491 e. The van der Waals surface area contributed by atoms with Crippen LogP contribution in [0.3, 0.4) is 0 Å². The van der Waals surface area contributed by atoms with Crippen molar-refractivity contribution in [1.82, 2.24) is 35.3 Å². The van der Waals surface area contributed by atoms with Gasteiger partial charge in [0.25, 0.3) is 23.7 Å². The summed E-state index contributed by atoms with van der Waals surface area (Å²) in [6, 6.07) is 29.2. The predicted octanol–water partition coefficient (Wildman–Crippen LogP) is 7.82. The maximum atomic E-state index is 13.9. The molecule has 4 heterocycles. The molecule has 23 heteroatoms. The van der Waals surface area contributed by atoms with Crippen molar-refractivity contribution in [2.75, 3.05) is 78.9 Å². The maximum Gasteiger partial charge on any atom is 0.410 e. The molecule has 2 aliphatic rings. The molecule has 2 aromatic heterocycles. The number of nitriles is 2. The predicted molar refractivity (Wildman–Crippen MR) is 291 cm³/mol. The number of aromatic nitrogens is 2. The van der Waals surface area contributed by atoms with Crippen molar-refractivity contribution in [2.45, 2.75) is 63.1 Å². The van der Waals surface area contributed by atoms with Crippen LogP contribution in [-0.4, -0.2) is 163 Å². The van der Waals surface area contributed by atoms with Crippen LogP contribution < -0.4 is 20.1 Å². The van der Waals surface area contributed by atoms with E-state index in [1.165, 1.54) is 29.4 Å². The normalized spacial score (nSPS) is 16.3. The van der Waals surface area contributed by atoms with Crippen LogP contribution in [0.4, 0.5) is 22.4 Å². The van der Waals surface area contributed by atoms with Crippen LogP contribution >= 0.6 is 0 Å². The molecule has 428 valence electrons. The summed E-state index contributed by atoms with van der Waals surface area (Å²) in [5.74, 6) is -7.97. The molecule has 0 bridgehead atoms. The van der Waals surface area contributed by atoms with Gasteiger partial charge in [-0.15, -0.1) is 0 Å². The van der Waals surface area contributed by atoms with E-state index in [4.69, 9.17) is 23.7 Å². The van der Waals surface area contributed by atoms with Crippen molar-refractivity contribution in [3.8, 4) is 45.9 Å². The molecule has 82 heavy (non-hydrogen) atoms. The highest BCUT2D eigenvalue weighted by Gasteiger charge is 2.48. The highest BCUT2D eigenvalue weighted by molar-refractivity contribution is 6.09. The Labute approximate surface area is 469 Å². The number of pyridine rings is 2. The first kappa shape index (κ1) is 59.2. The molecule has 4 aromatic carbocycles. The van der Waals surface area contributed by atoms with Gasteiger partial charge in [0.1, 0.15) is 42.4 Å². The number of alkyl halides is 4. The first-order valence-corrected chi connectivity index (χ1v) is 26.3. The van der Waals surface area contributed by atoms with Gasteiger partial charge >= 0.3 is 6.09 Å². The van der Waals surface area contributed by atoms with Crippen LogP contribution in [0, 0.1) is 22.7 Å². The first-order valence-electron chi connectivity index (χ1n) is 26.3. The largest absolute Gasteiger partial charge is 0.491 e. The minimum atomic E-state index is -3.18. The Hall–Kier alpha value is -8.93. The van der Waals surface area contributed by atoms with Gasteiger partial charge in [-0.1, -0.05) is 36.4 Å². The molecule has 2 fully saturated rings. The molecule has 0 spiro atoms. The number of halogens is 4. The van der Waals surface area contributed by atoms with Crippen molar-refractivity contribution in [3.63, 3.8) is 0 Å². The third kappa shape index (κ3) is 15.5. The quantitative estimate of drug-likeness (QED) is 0.0487. The molecule has 2 saturated heterocycles. The van der Waals surface area contributed by atoms with Gasteiger partial charge in [-0.25, -0.2) is 22.4 Å². The maximum absolute atomic E-state index is 13.9. The molecule has 2 N–H and O–H groups in total. The summed E-state index contributed by atoms with van der Waals surface area (Å²) in [5.41, 5.74) is 3.93. The van der Waals surface area contributed by atoms with Crippen LogP contribution in [0.25, 0.3) is 44.1 Å². The monoisotopic (exact) mass is 1130 g/mol. The topological polar surface area (TPSA) is 239 Å². The molecule has 8 rings (SSSR count). The van der Waals surface area contributed by atoms with Crippen molar-refractivity contribution in [2.24, 2.45) is 0 Å². The number of benzene rings is 4. The number of rotatable bonds is 22. The Morgan fingerprint density at radius 1 is 0.598 bits per heavy atom. The number of amides is 5. The lowest BCUT2D eigenvalue weighted by molar-refractivity contribution is -0.132. The summed E-state index contributed by atoms with van der Waals surface area (Å²) in [6.45, 7) is 4.16. The molecule has 0 unspecified atom stereocenters. The summed E-state index contributed by atoms with van der Waals surface area (Å²) in [7, 11) is 0. The third-order valence-corrected chi connectivity index (χ3v) is 13.3. The van der Waals surface area contributed by atoms with Crippen LogP contribution in [-0.2, 0) is 23.8 Å². The fraction of sp³-hybridized carbons (Fsp3) is 0.373. The van der Waals surface area contributed by atoms with Crippen LogP contribution in [0.1, 0.15) is 54.3 Å². The number of carbonyl (C=O) groups excluding carboxylic acids is 5. The number of carbonyl (C=O) groups is 5. The molecule has 2 atom stereocenters. The van der Waals surface area contributed by atoms with Crippen molar-refractivity contribution in [3.05, 3.63) is 121 Å². The smallest absolute Gasteiger partial charge is 0.410 e. The number of ether oxygens (including phenoxy) is 5. The molecule has 0 aliphatic carbocycles. The summed E-state index contributed by atoms with van der Waals surface area (Å²) in [4.78, 5) is 76.8. The van der Waals surface area contributed by atoms with E-state index in [2.05, 4.69) is 20.6 Å². The zero-order valence-electron chi connectivity index (χ0n) is 45.2. The molecule has 2 aliphatic heterocycles. The molecular formula is C59H59F4N9O10. The average molecular weight is 1130 g/mol. The molecule has 6 aromatic rings. The van der Waals surface area contributed by atoms with E-state index in [9.17, 15) is 52.1 Å². The van der Waals surface area contributed by atoms with Gasteiger partial charge in [-0.3, -0.25) is 29.1 Å². The number of likely N-dealkylation sites (tertiary alicyclic amines) is 2. The molecule has 5 amide bonds. The highest BCUT2D eigenvalue weighted by Crippen LogP contribution is 2.34. The zero-order valence-corrected chi connectivity index (χ0v) is 45.2. The first-order chi connectivity index (χ1) is 39.2. The van der Waals surface area contributed by atoms with E-state index in [1.807, 2.05) is 36.4 Å². The molecular weight excluding hydrogens is 1070 g/mol. The lowest BCUT2D eigenvalue weighted by Crippen LogP contribution is -2.43. The van der Waals surface area contributed by atoms with Crippen molar-refractivity contribution in [1.29, 1.82) is 10.5 Å². The SMILES string of the molecule is CC(C)(C)OC(=O)N(CCOCCOc1ccc(-c2ccc3nccc(C(=O)NCC(=O)N4CC(F)(F)C[C@H]4C#N)c3c2)cc1)CCOCCOc1ccc(-c2ccc3nccc(C(=O)NCC(=O)N4CC(F)(F)C[C@H]4C#N)c3c2)cc1. The Bertz CT molecular complexity index is 3180. The van der Waals surface area contributed by atoms with E-state index >= 15 is 0 Å². The lowest BCUT2D eigenvalue weighted by atomic mass is 10.0. The van der Waals surface area contributed by atoms with Gasteiger partial charge in [0, 0.05) is 49.1 Å². The second-order valence-corrected chi connectivity index (χ2v) is 20.4. The Balaban J connectivity index is 0.750. The fourth-order valence-electron chi connectivity index (χ4n) is 9.24. The number of nitrogens with one attached hydrogen (secondary N) is 2. The highest BCUT2D eigenvalue weighted by atomic mass is 19.3. The second-order valence-electron chi connectivity index (χ2n) is 20.4. The second kappa shape index (κ2) is 26.1. The Morgan fingerprint density at radius 3 is 1.39 bits per heavy atom.